The van der Waals surface area contributed by atoms with Gasteiger partial charge in [0.05, 0.1) is 11.4 Å². The first kappa shape index (κ1) is 18.4. The van der Waals surface area contributed by atoms with E-state index in [1.165, 1.54) is 18.1 Å². The van der Waals surface area contributed by atoms with Gasteiger partial charge in [-0.15, -0.1) is 5.10 Å². The normalized spacial score (nSPS) is 10.9. The Balaban J connectivity index is 1.46. The lowest BCUT2D eigenvalue weighted by Gasteiger charge is -2.05. The van der Waals surface area contributed by atoms with Crippen LogP contribution < -0.4 is 5.32 Å². The molecule has 9 heteroatoms. The van der Waals surface area contributed by atoms with Gasteiger partial charge in [-0.25, -0.2) is 9.97 Å². The number of aromatic nitrogens is 5. The fraction of sp³-hybridized carbons (Fsp3) is 0.105. The second-order valence-electron chi connectivity index (χ2n) is 5.88. The molecule has 1 N–H and O–H groups in total. The second kappa shape index (κ2) is 8.37. The predicted octanol–water partition coefficient (Wildman–Crippen LogP) is 3.27. The second-order valence-corrected chi connectivity index (χ2v) is 7.28. The summed E-state index contributed by atoms with van der Waals surface area (Å²) in [7, 11) is 0. The zero-order chi connectivity index (χ0) is 19.3. The van der Waals surface area contributed by atoms with Crippen LogP contribution in [0.2, 0.25) is 5.02 Å². The van der Waals surface area contributed by atoms with E-state index in [2.05, 4.69) is 25.6 Å². The van der Waals surface area contributed by atoms with Crippen molar-refractivity contribution in [3.05, 3.63) is 71.5 Å². The van der Waals surface area contributed by atoms with Crippen molar-refractivity contribution in [3.8, 4) is 5.69 Å². The molecule has 140 valence electrons. The first-order valence-corrected chi connectivity index (χ1v) is 9.83. The van der Waals surface area contributed by atoms with Crippen LogP contribution in [0, 0.1) is 0 Å². The first-order valence-electron chi connectivity index (χ1n) is 8.46. The zero-order valence-electron chi connectivity index (χ0n) is 14.6. The van der Waals surface area contributed by atoms with E-state index in [0.717, 1.165) is 11.3 Å². The van der Waals surface area contributed by atoms with Crippen molar-refractivity contribution in [2.45, 2.75) is 11.6 Å². The molecule has 4 rings (SSSR count). The van der Waals surface area contributed by atoms with Crippen LogP contribution >= 0.6 is 23.4 Å². The summed E-state index contributed by atoms with van der Waals surface area (Å²) in [6.45, 7) is 0.490. The number of carbonyl (C=O) groups is 1. The number of halogens is 1. The van der Waals surface area contributed by atoms with E-state index in [1.807, 2.05) is 42.5 Å². The van der Waals surface area contributed by atoms with Gasteiger partial charge in [-0.3, -0.25) is 4.79 Å². The van der Waals surface area contributed by atoms with Crippen molar-refractivity contribution in [1.29, 1.82) is 0 Å². The summed E-state index contributed by atoms with van der Waals surface area (Å²) < 4.78 is 1.60. The zero-order valence-corrected chi connectivity index (χ0v) is 16.2. The third-order valence-corrected chi connectivity index (χ3v) is 5.14. The quantitative estimate of drug-likeness (QED) is 0.388. The maximum Gasteiger partial charge on any atom is 0.230 e. The fourth-order valence-corrected chi connectivity index (χ4v) is 3.54. The lowest BCUT2D eigenvalue weighted by atomic mass is 10.2. The number of nitrogens with one attached hydrogen (secondary N) is 1. The molecule has 0 fully saturated rings. The highest BCUT2D eigenvalue weighted by Gasteiger charge is 2.14. The van der Waals surface area contributed by atoms with Crippen LogP contribution in [-0.4, -0.2) is 36.6 Å². The lowest BCUT2D eigenvalue weighted by Crippen LogP contribution is -2.24. The minimum atomic E-state index is -0.0807. The van der Waals surface area contributed by atoms with Crippen LogP contribution in [0.4, 0.5) is 0 Å². The molecule has 2 aromatic carbocycles. The smallest absolute Gasteiger partial charge is 0.230 e. The average Bonchev–Trinajstić information content (AvgIpc) is 3.16. The molecule has 0 saturated heterocycles. The van der Waals surface area contributed by atoms with Crippen molar-refractivity contribution in [2.75, 3.05) is 5.75 Å². The van der Waals surface area contributed by atoms with E-state index in [9.17, 15) is 4.79 Å². The number of nitrogens with zero attached hydrogens (tertiary/aromatic N) is 5. The molecule has 0 unspecified atom stereocenters. The highest BCUT2D eigenvalue weighted by molar-refractivity contribution is 8.00. The number of rotatable bonds is 6. The molecule has 0 radical (unpaired) electrons. The molecule has 0 aliphatic rings. The van der Waals surface area contributed by atoms with Crippen molar-refractivity contribution < 1.29 is 4.79 Å². The van der Waals surface area contributed by atoms with Gasteiger partial charge in [-0.05, 0) is 23.8 Å². The minimum Gasteiger partial charge on any atom is -0.351 e. The van der Waals surface area contributed by atoms with E-state index in [4.69, 9.17) is 11.6 Å². The summed E-state index contributed by atoms with van der Waals surface area (Å²) in [5.41, 5.74) is 2.91. The third kappa shape index (κ3) is 4.13. The molecule has 4 aromatic rings. The van der Waals surface area contributed by atoms with E-state index in [0.29, 0.717) is 27.8 Å². The Kier molecular flexibility index (Phi) is 5.50. The Morgan fingerprint density at radius 2 is 1.96 bits per heavy atom. The monoisotopic (exact) mass is 410 g/mol. The van der Waals surface area contributed by atoms with Gasteiger partial charge < -0.3 is 5.32 Å². The lowest BCUT2D eigenvalue weighted by molar-refractivity contribution is -0.118. The van der Waals surface area contributed by atoms with Crippen LogP contribution in [-0.2, 0) is 11.3 Å². The third-order valence-electron chi connectivity index (χ3n) is 3.93. The number of thioether (sulfide) groups is 1. The summed E-state index contributed by atoms with van der Waals surface area (Å²) in [5, 5.41) is 12.4. The molecule has 0 spiro atoms. The van der Waals surface area contributed by atoms with E-state index < -0.39 is 0 Å². The van der Waals surface area contributed by atoms with E-state index >= 15 is 0 Å². The predicted molar refractivity (Wildman–Crippen MR) is 108 cm³/mol. The Morgan fingerprint density at radius 3 is 2.79 bits per heavy atom. The molecular formula is C19H15ClN6OS. The molecule has 2 heterocycles. The van der Waals surface area contributed by atoms with Gasteiger partial charge in [0, 0.05) is 11.6 Å². The molecule has 7 nitrogen and oxygen atoms in total. The van der Waals surface area contributed by atoms with Gasteiger partial charge in [0.25, 0.3) is 0 Å². The standard InChI is InChI=1S/C19H15ClN6OS/c20-14-7-4-8-15(9-14)26-18-17(24-25-26)19(23-12-22-18)28-11-16(27)21-10-13-5-2-1-3-6-13/h1-9,12H,10-11H2,(H,21,27). The van der Waals surface area contributed by atoms with Crippen LogP contribution in [0.3, 0.4) is 0 Å². The van der Waals surface area contributed by atoms with Gasteiger partial charge in [0.2, 0.25) is 5.91 Å². The van der Waals surface area contributed by atoms with Crippen LogP contribution in [0.5, 0.6) is 0 Å². The molecule has 28 heavy (non-hydrogen) atoms. The van der Waals surface area contributed by atoms with Gasteiger partial charge >= 0.3 is 0 Å². The summed E-state index contributed by atoms with van der Waals surface area (Å²) in [6.07, 6.45) is 1.44. The van der Waals surface area contributed by atoms with Crippen molar-refractivity contribution >= 4 is 40.4 Å². The Bertz CT molecular complexity index is 1120. The van der Waals surface area contributed by atoms with E-state index in [1.54, 1.807) is 16.8 Å². The summed E-state index contributed by atoms with van der Waals surface area (Å²) >= 11 is 7.36. The number of benzene rings is 2. The molecule has 0 aliphatic carbocycles. The largest absolute Gasteiger partial charge is 0.351 e. The molecule has 0 atom stereocenters. The Hall–Kier alpha value is -2.97. The van der Waals surface area contributed by atoms with Gasteiger partial charge in [-0.1, -0.05) is 65.0 Å². The molecule has 0 aliphatic heterocycles. The van der Waals surface area contributed by atoms with Crippen molar-refractivity contribution in [2.24, 2.45) is 0 Å². The number of amides is 1. The van der Waals surface area contributed by atoms with Crippen LogP contribution in [0.15, 0.2) is 66.0 Å². The number of fused-ring (bicyclic) bond motifs is 1. The van der Waals surface area contributed by atoms with Crippen LogP contribution in [0.25, 0.3) is 16.9 Å². The van der Waals surface area contributed by atoms with E-state index in [-0.39, 0.29) is 11.7 Å². The SMILES string of the molecule is O=C(CSc1ncnc2c1nnn2-c1cccc(Cl)c1)NCc1ccccc1. The summed E-state index contributed by atoms with van der Waals surface area (Å²) in [5.74, 6) is 0.144. The maximum absolute atomic E-state index is 12.2. The van der Waals surface area contributed by atoms with Gasteiger partial charge in [0.1, 0.15) is 11.4 Å². The molecular weight excluding hydrogens is 396 g/mol. The molecule has 2 aromatic heterocycles. The summed E-state index contributed by atoms with van der Waals surface area (Å²) in [6, 6.07) is 17.0. The maximum atomic E-state index is 12.2. The topological polar surface area (TPSA) is 85.6 Å². The Labute approximate surface area is 170 Å². The van der Waals surface area contributed by atoms with Crippen LogP contribution in [0.1, 0.15) is 5.56 Å². The number of hydrogen-bond acceptors (Lipinski definition) is 6. The van der Waals surface area contributed by atoms with Gasteiger partial charge in [-0.2, -0.15) is 4.68 Å². The fourth-order valence-electron chi connectivity index (χ4n) is 2.60. The number of carbonyl (C=O) groups excluding carboxylic acids is 1. The van der Waals surface area contributed by atoms with Crippen molar-refractivity contribution in [3.63, 3.8) is 0 Å². The summed E-state index contributed by atoms with van der Waals surface area (Å²) in [4.78, 5) is 20.7. The highest BCUT2D eigenvalue weighted by Crippen LogP contribution is 2.24. The molecule has 0 saturated carbocycles. The van der Waals surface area contributed by atoms with Crippen molar-refractivity contribution in [1.82, 2.24) is 30.3 Å². The number of hydrogen-bond donors (Lipinski definition) is 1. The first-order chi connectivity index (χ1) is 13.7. The van der Waals surface area contributed by atoms with Gasteiger partial charge in [0.15, 0.2) is 11.2 Å². The average molecular weight is 411 g/mol. The molecule has 0 bridgehead atoms. The highest BCUT2D eigenvalue weighted by atomic mass is 35.5. The Morgan fingerprint density at radius 1 is 1.11 bits per heavy atom. The minimum absolute atomic E-state index is 0.0807. The molecule has 1 amide bonds.